The van der Waals surface area contributed by atoms with Crippen molar-refractivity contribution in [3.8, 4) is 0 Å². The van der Waals surface area contributed by atoms with Crippen LogP contribution in [0.4, 0.5) is 4.79 Å². The fourth-order valence-electron chi connectivity index (χ4n) is 2.89. The molecular formula is C14H23NO4. The highest BCUT2D eigenvalue weighted by atomic mass is 16.5. The summed E-state index contributed by atoms with van der Waals surface area (Å²) in [6.07, 6.45) is 3.46. The summed E-state index contributed by atoms with van der Waals surface area (Å²) < 4.78 is 4.68. The Labute approximate surface area is 114 Å². The molecule has 19 heavy (non-hydrogen) atoms. The van der Waals surface area contributed by atoms with E-state index < -0.39 is 17.6 Å². The van der Waals surface area contributed by atoms with Crippen LogP contribution in [0.1, 0.15) is 40.5 Å². The van der Waals surface area contributed by atoms with Crippen molar-refractivity contribution in [2.24, 2.45) is 0 Å². The second kappa shape index (κ2) is 5.74. The molecule has 5 nitrogen and oxygen atoms in total. The number of quaternary nitrogens is 1. The highest BCUT2D eigenvalue weighted by molar-refractivity contribution is 5.82. The molecule has 1 amide bonds. The van der Waals surface area contributed by atoms with Gasteiger partial charge in [0.1, 0.15) is 6.04 Å². The number of likely N-dealkylation sites (tertiary alicyclic amines) is 1. The van der Waals surface area contributed by atoms with Gasteiger partial charge in [-0.25, -0.2) is 4.79 Å². The van der Waals surface area contributed by atoms with Crippen molar-refractivity contribution in [2.45, 2.75) is 52.1 Å². The van der Waals surface area contributed by atoms with E-state index in [4.69, 9.17) is 4.74 Å². The Morgan fingerprint density at radius 1 is 1.42 bits per heavy atom. The van der Waals surface area contributed by atoms with Crippen LogP contribution in [0.3, 0.4) is 0 Å². The van der Waals surface area contributed by atoms with Gasteiger partial charge >= 0.3 is 5.97 Å². The molecule has 1 aliphatic rings. The molecule has 0 aromatic rings. The summed E-state index contributed by atoms with van der Waals surface area (Å²) in [4.78, 5) is 23.0. The van der Waals surface area contributed by atoms with Gasteiger partial charge in [-0.2, -0.15) is 0 Å². The van der Waals surface area contributed by atoms with Crippen molar-refractivity contribution >= 4 is 12.1 Å². The zero-order valence-corrected chi connectivity index (χ0v) is 12.1. The predicted molar refractivity (Wildman–Crippen MR) is 69.1 cm³/mol. The molecule has 0 aliphatic carbocycles. The first-order chi connectivity index (χ1) is 8.75. The average molecular weight is 269 g/mol. The first kappa shape index (κ1) is 15.7. The van der Waals surface area contributed by atoms with Crippen LogP contribution in [0.25, 0.3) is 0 Å². The summed E-state index contributed by atoms with van der Waals surface area (Å²) in [5, 5.41) is 11.7. The lowest BCUT2D eigenvalue weighted by atomic mass is 9.99. The van der Waals surface area contributed by atoms with Crippen LogP contribution in [0, 0.1) is 0 Å². The maximum absolute atomic E-state index is 11.7. The molecule has 0 aromatic heterocycles. The molecule has 0 spiro atoms. The molecule has 1 unspecified atom stereocenters. The third kappa shape index (κ3) is 2.97. The Kier molecular flexibility index (Phi) is 4.74. The minimum Gasteiger partial charge on any atom is -0.498 e. The number of hydrogen-bond acceptors (Lipinski definition) is 4. The lowest BCUT2D eigenvalue weighted by Crippen LogP contribution is -2.69. The summed E-state index contributed by atoms with van der Waals surface area (Å²) in [6, 6.07) is -0.241. The maximum atomic E-state index is 11.7. The molecular weight excluding hydrogens is 246 g/mol. The molecule has 0 aromatic carbocycles. The number of amides is 1. The lowest BCUT2D eigenvalue weighted by molar-refractivity contribution is -0.924. The summed E-state index contributed by atoms with van der Waals surface area (Å²) in [5.41, 5.74) is -0.473. The standard InChI is InChI=1S/C14H23NO4/c1-5-19-12(16)9-8-11-7-6-10-15(11,13(17)18)14(2,3)4/h8-9,11H,5-7,10H2,1-4H3/b9-8+/t11-,15?/m0/s1. The van der Waals surface area contributed by atoms with Crippen LogP contribution in [-0.4, -0.2) is 41.3 Å². The number of carbonyl (C=O) groups excluding carboxylic acids is 2. The molecule has 1 heterocycles. The Morgan fingerprint density at radius 3 is 2.53 bits per heavy atom. The molecule has 1 rings (SSSR count). The Hall–Kier alpha value is -1.36. The van der Waals surface area contributed by atoms with E-state index in [2.05, 4.69) is 0 Å². The van der Waals surface area contributed by atoms with E-state index in [-0.39, 0.29) is 10.5 Å². The van der Waals surface area contributed by atoms with Crippen molar-refractivity contribution in [1.82, 2.24) is 0 Å². The van der Waals surface area contributed by atoms with E-state index in [1.54, 1.807) is 13.0 Å². The van der Waals surface area contributed by atoms with Gasteiger partial charge in [-0.3, -0.25) is 4.48 Å². The fraction of sp³-hybridized carbons (Fsp3) is 0.714. The second-order valence-electron chi connectivity index (χ2n) is 5.85. The zero-order chi connectivity index (χ0) is 14.7. The number of rotatable bonds is 3. The topological polar surface area (TPSA) is 66.4 Å². The number of carbonyl (C=O) groups is 2. The van der Waals surface area contributed by atoms with Gasteiger partial charge in [0.15, 0.2) is 0 Å². The normalized spacial score (nSPS) is 27.7. The number of hydrogen-bond donors (Lipinski definition) is 0. The van der Waals surface area contributed by atoms with Crippen LogP contribution >= 0.6 is 0 Å². The van der Waals surface area contributed by atoms with Crippen molar-refractivity contribution < 1.29 is 23.9 Å². The highest BCUT2D eigenvalue weighted by Gasteiger charge is 2.51. The summed E-state index contributed by atoms with van der Waals surface area (Å²) in [7, 11) is 0. The van der Waals surface area contributed by atoms with Crippen LogP contribution in [-0.2, 0) is 9.53 Å². The molecule has 0 radical (unpaired) electrons. The summed E-state index contributed by atoms with van der Waals surface area (Å²) in [5.74, 6) is -0.431. The van der Waals surface area contributed by atoms with Gasteiger partial charge in [0.05, 0.1) is 18.7 Å². The maximum Gasteiger partial charge on any atom is 0.330 e. The predicted octanol–water partition coefficient (Wildman–Crippen LogP) is 1.23. The summed E-state index contributed by atoms with van der Waals surface area (Å²) >= 11 is 0. The fourth-order valence-corrected chi connectivity index (χ4v) is 2.89. The zero-order valence-electron chi connectivity index (χ0n) is 12.1. The largest absolute Gasteiger partial charge is 0.498 e. The first-order valence-electron chi connectivity index (χ1n) is 6.70. The molecule has 0 N–H and O–H groups in total. The lowest BCUT2D eigenvalue weighted by Gasteiger charge is -2.48. The van der Waals surface area contributed by atoms with Crippen molar-refractivity contribution in [1.29, 1.82) is 0 Å². The number of carboxylic acid groups (broad SMARTS) is 1. The van der Waals surface area contributed by atoms with Gasteiger partial charge in [-0.15, -0.1) is 0 Å². The number of esters is 1. The molecule has 2 atom stereocenters. The van der Waals surface area contributed by atoms with E-state index in [1.165, 1.54) is 6.08 Å². The van der Waals surface area contributed by atoms with Gasteiger partial charge in [-0.1, -0.05) is 0 Å². The monoisotopic (exact) mass is 269 g/mol. The quantitative estimate of drug-likeness (QED) is 0.439. The van der Waals surface area contributed by atoms with E-state index >= 15 is 0 Å². The minimum atomic E-state index is -1.08. The van der Waals surface area contributed by atoms with Gasteiger partial charge in [0.25, 0.3) is 6.09 Å². The van der Waals surface area contributed by atoms with E-state index in [1.807, 2.05) is 20.8 Å². The molecule has 1 fully saturated rings. The van der Waals surface area contributed by atoms with Gasteiger partial charge in [-0.05, 0) is 33.8 Å². The van der Waals surface area contributed by atoms with Crippen LogP contribution in [0.5, 0.6) is 0 Å². The van der Waals surface area contributed by atoms with E-state index in [9.17, 15) is 14.7 Å². The smallest absolute Gasteiger partial charge is 0.330 e. The Morgan fingerprint density at radius 2 is 2.05 bits per heavy atom. The third-order valence-electron chi connectivity index (χ3n) is 3.84. The third-order valence-corrected chi connectivity index (χ3v) is 3.84. The van der Waals surface area contributed by atoms with Crippen molar-refractivity contribution in [3.63, 3.8) is 0 Å². The van der Waals surface area contributed by atoms with Crippen LogP contribution in [0.2, 0.25) is 0 Å². The molecule has 0 bridgehead atoms. The van der Waals surface area contributed by atoms with Crippen molar-refractivity contribution in [2.75, 3.05) is 13.2 Å². The summed E-state index contributed by atoms with van der Waals surface area (Å²) in [6.45, 7) is 8.24. The molecule has 0 saturated carbocycles. The Bertz CT molecular complexity index is 383. The first-order valence-corrected chi connectivity index (χ1v) is 6.70. The molecule has 108 valence electrons. The second-order valence-corrected chi connectivity index (χ2v) is 5.85. The van der Waals surface area contributed by atoms with Crippen LogP contribution < -0.4 is 5.11 Å². The van der Waals surface area contributed by atoms with Crippen molar-refractivity contribution in [3.05, 3.63) is 12.2 Å². The van der Waals surface area contributed by atoms with Gasteiger partial charge < -0.3 is 14.6 Å². The highest BCUT2D eigenvalue weighted by Crippen LogP contribution is 2.36. The van der Waals surface area contributed by atoms with E-state index in [0.717, 1.165) is 12.8 Å². The molecule has 1 saturated heterocycles. The van der Waals surface area contributed by atoms with Gasteiger partial charge in [0, 0.05) is 18.9 Å². The number of nitrogens with zero attached hydrogens (tertiary/aromatic N) is 1. The average Bonchev–Trinajstić information content (AvgIpc) is 2.70. The molecule has 1 aliphatic heterocycles. The number of ether oxygens (including phenoxy) is 1. The van der Waals surface area contributed by atoms with Crippen LogP contribution in [0.15, 0.2) is 12.2 Å². The van der Waals surface area contributed by atoms with Gasteiger partial charge in [0.2, 0.25) is 0 Å². The molecule has 5 heteroatoms. The Balaban J connectivity index is 2.99. The minimum absolute atomic E-state index is 0.136. The van der Waals surface area contributed by atoms with E-state index in [0.29, 0.717) is 13.2 Å². The SMILES string of the molecule is CCOC(=O)/C=C/[C@@H]1CCC[N+]1(C(=O)[O-])C(C)(C)C.